The molecule has 104 valence electrons. The number of phenols is 1. The monoisotopic (exact) mass is 279 g/mol. The highest BCUT2D eigenvalue weighted by molar-refractivity contribution is 6.32. The molecule has 1 atom stereocenters. The lowest BCUT2D eigenvalue weighted by molar-refractivity contribution is -0.121. The van der Waals surface area contributed by atoms with Gasteiger partial charge in [0.25, 0.3) is 0 Å². The molecule has 0 aliphatic carbocycles. The first-order valence-electron chi connectivity index (χ1n) is 6.73. The lowest BCUT2D eigenvalue weighted by Gasteiger charge is -2.24. The van der Waals surface area contributed by atoms with Crippen LogP contribution in [0.3, 0.4) is 0 Å². The number of amides is 1. The van der Waals surface area contributed by atoms with Gasteiger partial charge in [-0.2, -0.15) is 0 Å². The summed E-state index contributed by atoms with van der Waals surface area (Å²) in [5, 5.41) is 12.4. The molecule has 0 saturated carbocycles. The Bertz CT molecular complexity index is 670. The number of ether oxygens (including phenoxy) is 1. The van der Waals surface area contributed by atoms with E-state index in [4.69, 9.17) is 12.6 Å². The summed E-state index contributed by atoms with van der Waals surface area (Å²) in [5.74, 6) is 0.520. The van der Waals surface area contributed by atoms with E-state index in [1.54, 1.807) is 42.5 Å². The normalized spacial score (nSPS) is 16.7. The molecule has 1 aliphatic rings. The first-order chi connectivity index (χ1) is 10.1. The molecule has 0 fully saturated rings. The van der Waals surface area contributed by atoms with Gasteiger partial charge < -0.3 is 15.2 Å². The van der Waals surface area contributed by atoms with Crippen LogP contribution in [0.25, 0.3) is 0 Å². The topological polar surface area (TPSA) is 58.6 Å². The molecule has 0 bridgehead atoms. The van der Waals surface area contributed by atoms with Crippen molar-refractivity contribution in [3.05, 3.63) is 48.0 Å². The third-order valence-electron chi connectivity index (χ3n) is 3.50. The van der Waals surface area contributed by atoms with Gasteiger partial charge in [-0.25, -0.2) is 0 Å². The molecule has 1 unspecified atom stereocenters. The summed E-state index contributed by atoms with van der Waals surface area (Å²) in [7, 11) is 5.61. The molecule has 4 nitrogen and oxygen atoms in total. The van der Waals surface area contributed by atoms with E-state index in [1.165, 1.54) is 0 Å². The Kier molecular flexibility index (Phi) is 3.56. The van der Waals surface area contributed by atoms with Crippen LogP contribution in [-0.2, 0) is 11.2 Å². The Morgan fingerprint density at radius 2 is 2.00 bits per heavy atom. The van der Waals surface area contributed by atoms with E-state index in [-0.39, 0.29) is 17.6 Å². The van der Waals surface area contributed by atoms with Gasteiger partial charge in [0.1, 0.15) is 26.0 Å². The van der Waals surface area contributed by atoms with E-state index in [1.807, 2.05) is 0 Å². The fourth-order valence-electron chi connectivity index (χ4n) is 2.36. The van der Waals surface area contributed by atoms with Gasteiger partial charge in [-0.3, -0.25) is 4.79 Å². The molecular formula is C16H14BNO3. The summed E-state index contributed by atoms with van der Waals surface area (Å²) in [4.78, 5) is 12.3. The lowest BCUT2D eigenvalue weighted by Crippen LogP contribution is -2.32. The number of hydrogen-bond donors (Lipinski definition) is 2. The predicted octanol–water partition coefficient (Wildman–Crippen LogP) is 1.38. The predicted molar refractivity (Wildman–Crippen MR) is 81.3 cm³/mol. The Hall–Kier alpha value is -2.43. The van der Waals surface area contributed by atoms with Crippen molar-refractivity contribution in [3.63, 3.8) is 0 Å². The van der Waals surface area contributed by atoms with Crippen molar-refractivity contribution in [2.45, 2.75) is 6.42 Å². The van der Waals surface area contributed by atoms with Gasteiger partial charge in [-0.15, -0.1) is 0 Å². The van der Waals surface area contributed by atoms with Gasteiger partial charge in [0, 0.05) is 5.69 Å². The molecule has 0 saturated heterocycles. The Balaban J connectivity index is 1.70. The quantitative estimate of drug-likeness (QED) is 0.816. The maximum atomic E-state index is 12.3. The minimum absolute atomic E-state index is 0.103. The van der Waals surface area contributed by atoms with Gasteiger partial charge in [-0.1, -0.05) is 17.6 Å². The molecule has 1 aliphatic heterocycles. The van der Waals surface area contributed by atoms with E-state index in [0.29, 0.717) is 24.2 Å². The SMILES string of the molecule is [B]c1ccc(NC(=O)C2COc3ccc(O)cc3C2)cc1. The second-order valence-corrected chi connectivity index (χ2v) is 5.12. The van der Waals surface area contributed by atoms with Crippen molar-refractivity contribution in [3.8, 4) is 11.5 Å². The van der Waals surface area contributed by atoms with E-state index in [0.717, 1.165) is 11.3 Å². The van der Waals surface area contributed by atoms with Crippen molar-refractivity contribution in [2.75, 3.05) is 11.9 Å². The van der Waals surface area contributed by atoms with Crippen LogP contribution < -0.4 is 15.5 Å². The molecule has 2 aromatic rings. The number of anilines is 1. The number of carbonyl (C=O) groups excluding carboxylic acids is 1. The number of rotatable bonds is 2. The van der Waals surface area contributed by atoms with E-state index in [2.05, 4.69) is 5.32 Å². The van der Waals surface area contributed by atoms with Crippen LogP contribution in [0, 0.1) is 5.92 Å². The van der Waals surface area contributed by atoms with Gasteiger partial charge in [0.05, 0.1) is 5.92 Å². The van der Waals surface area contributed by atoms with Gasteiger partial charge in [0.15, 0.2) is 0 Å². The zero-order valence-corrected chi connectivity index (χ0v) is 11.4. The highest BCUT2D eigenvalue weighted by atomic mass is 16.5. The third-order valence-corrected chi connectivity index (χ3v) is 3.50. The van der Waals surface area contributed by atoms with Gasteiger partial charge in [0.2, 0.25) is 5.91 Å². The fraction of sp³-hybridized carbons (Fsp3) is 0.188. The fourth-order valence-corrected chi connectivity index (χ4v) is 2.36. The zero-order chi connectivity index (χ0) is 14.8. The first kappa shape index (κ1) is 13.6. The van der Waals surface area contributed by atoms with Crippen LogP contribution in [0.5, 0.6) is 11.5 Å². The average Bonchev–Trinajstić information content (AvgIpc) is 2.48. The number of fused-ring (bicyclic) bond motifs is 1. The second kappa shape index (κ2) is 5.52. The van der Waals surface area contributed by atoms with Gasteiger partial charge in [-0.05, 0) is 42.3 Å². The van der Waals surface area contributed by atoms with Crippen LogP contribution >= 0.6 is 0 Å². The number of benzene rings is 2. The highest BCUT2D eigenvalue weighted by Gasteiger charge is 2.26. The minimum Gasteiger partial charge on any atom is -0.508 e. The van der Waals surface area contributed by atoms with Crippen LogP contribution in [0.2, 0.25) is 0 Å². The molecule has 21 heavy (non-hydrogen) atoms. The molecule has 2 N–H and O–H groups in total. The van der Waals surface area contributed by atoms with Crippen molar-refractivity contribution in [2.24, 2.45) is 5.92 Å². The largest absolute Gasteiger partial charge is 0.508 e. The van der Waals surface area contributed by atoms with E-state index < -0.39 is 0 Å². The van der Waals surface area contributed by atoms with Crippen molar-refractivity contribution < 1.29 is 14.6 Å². The molecule has 0 spiro atoms. The summed E-state index contributed by atoms with van der Waals surface area (Å²) in [5.41, 5.74) is 2.20. The number of phenolic OH excluding ortho intramolecular Hbond substituents is 1. The Morgan fingerprint density at radius 3 is 2.76 bits per heavy atom. The molecule has 2 radical (unpaired) electrons. The minimum atomic E-state index is -0.281. The molecule has 3 rings (SSSR count). The molecule has 1 heterocycles. The summed E-state index contributed by atoms with van der Waals surface area (Å²) in [6, 6.07) is 11.9. The van der Waals surface area contributed by atoms with Crippen LogP contribution in [0.15, 0.2) is 42.5 Å². The summed E-state index contributed by atoms with van der Waals surface area (Å²) < 4.78 is 5.58. The lowest BCUT2D eigenvalue weighted by atomic mass is 9.95. The molecule has 2 aromatic carbocycles. The van der Waals surface area contributed by atoms with E-state index in [9.17, 15) is 9.90 Å². The van der Waals surface area contributed by atoms with Crippen molar-refractivity contribution in [1.29, 1.82) is 0 Å². The summed E-state index contributed by atoms with van der Waals surface area (Å²) >= 11 is 0. The van der Waals surface area contributed by atoms with Gasteiger partial charge >= 0.3 is 0 Å². The third kappa shape index (κ3) is 3.02. The van der Waals surface area contributed by atoms with Crippen molar-refractivity contribution >= 4 is 24.9 Å². The molecule has 1 amide bonds. The highest BCUT2D eigenvalue weighted by Crippen LogP contribution is 2.30. The summed E-state index contributed by atoms with van der Waals surface area (Å²) in [6.45, 7) is 0.332. The maximum absolute atomic E-state index is 12.3. The van der Waals surface area contributed by atoms with E-state index >= 15 is 0 Å². The summed E-state index contributed by atoms with van der Waals surface area (Å²) in [6.07, 6.45) is 0.546. The van der Waals surface area contributed by atoms with Crippen LogP contribution in [0.1, 0.15) is 5.56 Å². The second-order valence-electron chi connectivity index (χ2n) is 5.12. The maximum Gasteiger partial charge on any atom is 0.231 e. The van der Waals surface area contributed by atoms with Crippen LogP contribution in [0.4, 0.5) is 5.69 Å². The molecular weight excluding hydrogens is 265 g/mol. The zero-order valence-electron chi connectivity index (χ0n) is 11.4. The van der Waals surface area contributed by atoms with Crippen LogP contribution in [-0.4, -0.2) is 25.5 Å². The Morgan fingerprint density at radius 1 is 1.24 bits per heavy atom. The molecule has 0 aromatic heterocycles. The number of carbonyl (C=O) groups is 1. The van der Waals surface area contributed by atoms with Crippen molar-refractivity contribution in [1.82, 2.24) is 0 Å². The Labute approximate surface area is 124 Å². The standard InChI is InChI=1S/C16H14BNO3/c17-12-1-3-13(4-2-12)18-16(20)11-7-10-8-14(19)5-6-15(10)21-9-11/h1-6,8,11,19H,7,9H2,(H,18,20). The average molecular weight is 279 g/mol. The number of hydrogen-bond acceptors (Lipinski definition) is 3. The number of nitrogens with one attached hydrogen (secondary N) is 1. The number of aromatic hydroxyl groups is 1. The molecule has 5 heteroatoms. The first-order valence-corrected chi connectivity index (χ1v) is 6.73. The smallest absolute Gasteiger partial charge is 0.231 e.